The molecule has 0 aliphatic heterocycles. The molecule has 1 heterocycles. The van der Waals surface area contributed by atoms with Gasteiger partial charge in [-0.2, -0.15) is 0 Å². The summed E-state index contributed by atoms with van der Waals surface area (Å²) in [4.78, 5) is 4.47. The number of nitrogens with zero attached hydrogens (tertiary/aromatic N) is 1. The number of aryl methyl sites for hydroxylation is 5. The highest BCUT2D eigenvalue weighted by Gasteiger charge is 2.14. The third-order valence-electron chi connectivity index (χ3n) is 2.82. The van der Waals surface area contributed by atoms with Crippen molar-refractivity contribution in [2.45, 2.75) is 34.6 Å². The Hall–Kier alpha value is -1.57. The second kappa shape index (κ2) is 3.78. The lowest BCUT2D eigenvalue weighted by Crippen LogP contribution is -1.91. The van der Waals surface area contributed by atoms with E-state index in [9.17, 15) is 0 Å². The average molecular weight is 215 g/mol. The van der Waals surface area contributed by atoms with E-state index in [0.29, 0.717) is 0 Å². The molecule has 0 fully saturated rings. The summed E-state index contributed by atoms with van der Waals surface area (Å²) in [6.45, 7) is 10.2. The van der Waals surface area contributed by atoms with Crippen LogP contribution in [0, 0.1) is 34.6 Å². The highest BCUT2D eigenvalue weighted by Crippen LogP contribution is 2.30. The van der Waals surface area contributed by atoms with E-state index in [2.05, 4.69) is 37.9 Å². The number of hydrogen-bond acceptors (Lipinski definition) is 2. The van der Waals surface area contributed by atoms with Crippen LogP contribution in [-0.4, -0.2) is 4.98 Å². The molecule has 0 bridgehead atoms. The first kappa shape index (κ1) is 10.9. The minimum Gasteiger partial charge on any atom is -0.446 e. The zero-order chi connectivity index (χ0) is 11.9. The summed E-state index contributed by atoms with van der Waals surface area (Å²) in [5, 5.41) is 0. The highest BCUT2D eigenvalue weighted by molar-refractivity contribution is 5.69. The standard InChI is InChI=1S/C14H17NO/c1-8-6-9(2)13(10(3)7-8)14-11(4)16-12(5)15-14/h6-7H,1-5H3. The monoisotopic (exact) mass is 215 g/mol. The van der Waals surface area contributed by atoms with Crippen molar-refractivity contribution in [2.75, 3.05) is 0 Å². The largest absolute Gasteiger partial charge is 0.446 e. The molecule has 16 heavy (non-hydrogen) atoms. The second-order valence-corrected chi connectivity index (χ2v) is 4.41. The van der Waals surface area contributed by atoms with Crippen LogP contribution in [0.15, 0.2) is 16.5 Å². The van der Waals surface area contributed by atoms with Gasteiger partial charge in [0, 0.05) is 12.5 Å². The Morgan fingerprint density at radius 2 is 1.50 bits per heavy atom. The van der Waals surface area contributed by atoms with Crippen LogP contribution in [0.25, 0.3) is 11.3 Å². The maximum atomic E-state index is 5.50. The summed E-state index contributed by atoms with van der Waals surface area (Å²) in [6, 6.07) is 4.37. The summed E-state index contributed by atoms with van der Waals surface area (Å²) < 4.78 is 5.50. The molecule has 2 nitrogen and oxygen atoms in total. The van der Waals surface area contributed by atoms with E-state index in [4.69, 9.17) is 4.42 Å². The number of benzene rings is 1. The van der Waals surface area contributed by atoms with Gasteiger partial charge in [0.1, 0.15) is 11.5 Å². The number of rotatable bonds is 1. The molecule has 0 unspecified atom stereocenters. The van der Waals surface area contributed by atoms with Crippen molar-refractivity contribution >= 4 is 0 Å². The second-order valence-electron chi connectivity index (χ2n) is 4.41. The Kier molecular flexibility index (Phi) is 2.58. The molecule has 0 aliphatic carbocycles. The maximum absolute atomic E-state index is 5.50. The quantitative estimate of drug-likeness (QED) is 0.721. The van der Waals surface area contributed by atoms with Gasteiger partial charge in [0.05, 0.1) is 0 Å². The molecule has 0 radical (unpaired) electrons. The van der Waals surface area contributed by atoms with Gasteiger partial charge in [-0.15, -0.1) is 0 Å². The first-order valence-corrected chi connectivity index (χ1v) is 5.51. The first-order valence-electron chi connectivity index (χ1n) is 5.51. The van der Waals surface area contributed by atoms with Crippen molar-refractivity contribution in [3.63, 3.8) is 0 Å². The van der Waals surface area contributed by atoms with Crippen molar-refractivity contribution in [2.24, 2.45) is 0 Å². The summed E-state index contributed by atoms with van der Waals surface area (Å²) >= 11 is 0. The fraction of sp³-hybridized carbons (Fsp3) is 0.357. The van der Waals surface area contributed by atoms with Gasteiger partial charge in [-0.3, -0.25) is 0 Å². The molecule has 2 heteroatoms. The molecule has 0 saturated heterocycles. The topological polar surface area (TPSA) is 26.0 Å². The smallest absolute Gasteiger partial charge is 0.191 e. The minimum atomic E-state index is 0.729. The van der Waals surface area contributed by atoms with E-state index in [1.807, 2.05) is 13.8 Å². The summed E-state index contributed by atoms with van der Waals surface area (Å²) in [5.41, 5.74) is 5.99. The molecule has 0 aliphatic rings. The van der Waals surface area contributed by atoms with E-state index in [-0.39, 0.29) is 0 Å². The fourth-order valence-electron chi connectivity index (χ4n) is 2.31. The molecule has 0 saturated carbocycles. The average Bonchev–Trinajstić information content (AvgIpc) is 2.43. The van der Waals surface area contributed by atoms with Crippen molar-refractivity contribution in [1.82, 2.24) is 4.98 Å². The van der Waals surface area contributed by atoms with E-state index < -0.39 is 0 Å². The number of hydrogen-bond donors (Lipinski definition) is 0. The Morgan fingerprint density at radius 1 is 0.938 bits per heavy atom. The van der Waals surface area contributed by atoms with Crippen LogP contribution in [0.2, 0.25) is 0 Å². The summed E-state index contributed by atoms with van der Waals surface area (Å²) in [6.07, 6.45) is 0. The van der Waals surface area contributed by atoms with Gasteiger partial charge in [0.2, 0.25) is 0 Å². The lowest BCUT2D eigenvalue weighted by atomic mass is 9.97. The molecule has 0 amide bonds. The SMILES string of the molecule is Cc1cc(C)c(-c2nc(C)oc2C)c(C)c1. The lowest BCUT2D eigenvalue weighted by Gasteiger charge is -2.09. The molecule has 2 rings (SSSR count). The molecule has 1 aromatic carbocycles. The van der Waals surface area contributed by atoms with E-state index in [1.54, 1.807) is 0 Å². The Bertz CT molecular complexity index is 515. The van der Waals surface area contributed by atoms with Crippen molar-refractivity contribution < 1.29 is 4.42 Å². The zero-order valence-corrected chi connectivity index (χ0v) is 10.5. The van der Waals surface area contributed by atoms with Crippen LogP contribution in [0.4, 0.5) is 0 Å². The van der Waals surface area contributed by atoms with E-state index >= 15 is 0 Å². The molecule has 0 atom stereocenters. The van der Waals surface area contributed by atoms with Crippen LogP contribution < -0.4 is 0 Å². The van der Waals surface area contributed by atoms with Gasteiger partial charge in [0.15, 0.2) is 5.89 Å². The predicted molar refractivity (Wildman–Crippen MR) is 65.6 cm³/mol. The van der Waals surface area contributed by atoms with Gasteiger partial charge in [0.25, 0.3) is 0 Å². The van der Waals surface area contributed by atoms with Gasteiger partial charge in [-0.05, 0) is 38.8 Å². The normalized spacial score (nSPS) is 10.8. The lowest BCUT2D eigenvalue weighted by molar-refractivity contribution is 0.495. The van der Waals surface area contributed by atoms with Crippen LogP contribution in [-0.2, 0) is 0 Å². The predicted octanol–water partition coefficient (Wildman–Crippen LogP) is 3.88. The minimum absolute atomic E-state index is 0.729. The molecule has 0 N–H and O–H groups in total. The molecule has 1 aromatic heterocycles. The molecular formula is C14H17NO. The zero-order valence-electron chi connectivity index (χ0n) is 10.5. The number of oxazole rings is 1. The van der Waals surface area contributed by atoms with Gasteiger partial charge >= 0.3 is 0 Å². The van der Waals surface area contributed by atoms with Crippen LogP contribution in [0.3, 0.4) is 0 Å². The van der Waals surface area contributed by atoms with Crippen molar-refractivity contribution in [3.8, 4) is 11.3 Å². The Balaban J connectivity index is 2.69. The number of aromatic nitrogens is 1. The van der Waals surface area contributed by atoms with Crippen molar-refractivity contribution in [1.29, 1.82) is 0 Å². The van der Waals surface area contributed by atoms with E-state index in [0.717, 1.165) is 17.3 Å². The molecule has 84 valence electrons. The first-order chi connectivity index (χ1) is 7.49. The highest BCUT2D eigenvalue weighted by atomic mass is 16.4. The Labute approximate surface area is 96.3 Å². The summed E-state index contributed by atoms with van der Waals surface area (Å²) in [5.74, 6) is 1.62. The maximum Gasteiger partial charge on any atom is 0.191 e. The van der Waals surface area contributed by atoms with Crippen molar-refractivity contribution in [3.05, 3.63) is 40.5 Å². The third-order valence-corrected chi connectivity index (χ3v) is 2.82. The molecule has 2 aromatic rings. The Morgan fingerprint density at radius 3 is 1.94 bits per heavy atom. The van der Waals surface area contributed by atoms with Crippen LogP contribution in [0.5, 0.6) is 0 Å². The fourth-order valence-corrected chi connectivity index (χ4v) is 2.31. The summed E-state index contributed by atoms with van der Waals surface area (Å²) in [7, 11) is 0. The van der Waals surface area contributed by atoms with Gasteiger partial charge < -0.3 is 4.42 Å². The molecular weight excluding hydrogens is 198 g/mol. The third kappa shape index (κ3) is 1.75. The molecule has 0 spiro atoms. The van der Waals surface area contributed by atoms with E-state index in [1.165, 1.54) is 22.3 Å². The van der Waals surface area contributed by atoms with Crippen LogP contribution >= 0.6 is 0 Å². The van der Waals surface area contributed by atoms with Gasteiger partial charge in [-0.25, -0.2) is 4.98 Å². The van der Waals surface area contributed by atoms with Gasteiger partial charge in [-0.1, -0.05) is 17.7 Å². The van der Waals surface area contributed by atoms with Crippen LogP contribution in [0.1, 0.15) is 28.3 Å².